The van der Waals surface area contributed by atoms with Gasteiger partial charge in [0, 0.05) is 11.3 Å². The molecule has 4 nitrogen and oxygen atoms in total. The van der Waals surface area contributed by atoms with E-state index in [1.54, 1.807) is 11.3 Å². The number of hydrogen-bond donors (Lipinski definition) is 1. The molecule has 0 aliphatic heterocycles. The van der Waals surface area contributed by atoms with E-state index in [0.29, 0.717) is 12.2 Å². The maximum absolute atomic E-state index is 9.26. The molecule has 0 aliphatic rings. The molecule has 90 valence electrons. The zero-order valence-electron chi connectivity index (χ0n) is 9.76. The molecule has 0 aliphatic carbocycles. The third-order valence-corrected chi connectivity index (χ3v) is 3.29. The Morgan fingerprint density at radius 1 is 1.59 bits per heavy atom. The summed E-state index contributed by atoms with van der Waals surface area (Å²) in [5.41, 5.74) is 2.64. The van der Waals surface area contributed by atoms with Gasteiger partial charge in [-0.15, -0.1) is 16.4 Å². The van der Waals surface area contributed by atoms with E-state index in [0.717, 1.165) is 17.7 Å². The smallest absolute Gasteiger partial charge is 0.112 e. The highest BCUT2D eigenvalue weighted by Gasteiger charge is 2.13. The maximum atomic E-state index is 9.26. The highest BCUT2D eigenvalue weighted by atomic mass is 32.1. The number of hydrogen-bond acceptors (Lipinski definition) is 4. The summed E-state index contributed by atoms with van der Waals surface area (Å²) in [6.45, 7) is 6.40. The molecule has 0 saturated heterocycles. The molecule has 2 rings (SSSR count). The minimum Gasteiger partial charge on any atom is -0.390 e. The molecule has 0 bridgehead atoms. The van der Waals surface area contributed by atoms with Gasteiger partial charge in [-0.05, 0) is 18.4 Å². The fraction of sp³-hybridized carbons (Fsp3) is 0.333. The summed E-state index contributed by atoms with van der Waals surface area (Å²) in [6, 6.07) is 4.09. The van der Waals surface area contributed by atoms with Crippen molar-refractivity contribution >= 4 is 11.3 Å². The van der Waals surface area contributed by atoms with Crippen molar-refractivity contribution in [2.45, 2.75) is 26.5 Å². The second kappa shape index (κ2) is 5.25. The van der Waals surface area contributed by atoms with Crippen molar-refractivity contribution in [3.8, 4) is 0 Å². The van der Waals surface area contributed by atoms with Crippen molar-refractivity contribution in [1.29, 1.82) is 0 Å². The van der Waals surface area contributed by atoms with Gasteiger partial charge in [-0.25, -0.2) is 4.68 Å². The molecule has 2 aromatic heterocycles. The van der Waals surface area contributed by atoms with Gasteiger partial charge in [-0.1, -0.05) is 23.4 Å². The summed E-state index contributed by atoms with van der Waals surface area (Å²) >= 11 is 1.69. The lowest BCUT2D eigenvalue weighted by molar-refractivity contribution is 0.275. The van der Waals surface area contributed by atoms with Gasteiger partial charge < -0.3 is 5.11 Å². The standard InChI is InChI=1S/C12H15N3OS/c1-9(2)7-15-12(11(8-16)13-14-15)6-10-4-3-5-17-10/h3-5,16H,1,6-8H2,2H3. The molecular formula is C12H15N3OS. The van der Waals surface area contributed by atoms with Crippen LogP contribution in [-0.2, 0) is 19.6 Å². The van der Waals surface area contributed by atoms with Crippen LogP contribution in [0.1, 0.15) is 23.2 Å². The maximum Gasteiger partial charge on any atom is 0.112 e. The number of aromatic nitrogens is 3. The average molecular weight is 249 g/mol. The van der Waals surface area contributed by atoms with Gasteiger partial charge in [0.1, 0.15) is 5.69 Å². The van der Waals surface area contributed by atoms with Crippen LogP contribution in [0.15, 0.2) is 29.7 Å². The lowest BCUT2D eigenvalue weighted by Gasteiger charge is -2.06. The Balaban J connectivity index is 2.28. The number of aliphatic hydroxyl groups excluding tert-OH is 1. The third-order valence-electron chi connectivity index (χ3n) is 2.41. The van der Waals surface area contributed by atoms with Crippen molar-refractivity contribution in [2.24, 2.45) is 0 Å². The highest BCUT2D eigenvalue weighted by Crippen LogP contribution is 2.17. The molecule has 0 spiro atoms. The molecule has 0 aromatic carbocycles. The van der Waals surface area contributed by atoms with Gasteiger partial charge >= 0.3 is 0 Å². The van der Waals surface area contributed by atoms with Crippen LogP contribution in [0.5, 0.6) is 0 Å². The van der Waals surface area contributed by atoms with Crippen LogP contribution < -0.4 is 0 Å². The summed E-state index contributed by atoms with van der Waals surface area (Å²) < 4.78 is 1.81. The zero-order chi connectivity index (χ0) is 12.3. The van der Waals surface area contributed by atoms with Crippen molar-refractivity contribution in [1.82, 2.24) is 15.0 Å². The Morgan fingerprint density at radius 3 is 3.00 bits per heavy atom. The van der Waals surface area contributed by atoms with E-state index in [4.69, 9.17) is 0 Å². The van der Waals surface area contributed by atoms with E-state index < -0.39 is 0 Å². The lowest BCUT2D eigenvalue weighted by atomic mass is 10.2. The topological polar surface area (TPSA) is 50.9 Å². The van der Waals surface area contributed by atoms with Gasteiger partial charge in [0.2, 0.25) is 0 Å². The number of thiophene rings is 1. The monoisotopic (exact) mass is 249 g/mol. The van der Waals surface area contributed by atoms with E-state index in [-0.39, 0.29) is 6.61 Å². The summed E-state index contributed by atoms with van der Waals surface area (Å²) in [7, 11) is 0. The molecule has 0 saturated carbocycles. The molecule has 2 heterocycles. The fourth-order valence-electron chi connectivity index (χ4n) is 1.65. The first kappa shape index (κ1) is 12.0. The van der Waals surface area contributed by atoms with E-state index >= 15 is 0 Å². The summed E-state index contributed by atoms with van der Waals surface area (Å²) in [6.07, 6.45) is 0.758. The van der Waals surface area contributed by atoms with Crippen molar-refractivity contribution < 1.29 is 5.11 Å². The van der Waals surface area contributed by atoms with Gasteiger partial charge in [-0.2, -0.15) is 0 Å². The van der Waals surface area contributed by atoms with Gasteiger partial charge in [0.25, 0.3) is 0 Å². The molecule has 0 fully saturated rings. The Morgan fingerprint density at radius 2 is 2.41 bits per heavy atom. The van der Waals surface area contributed by atoms with Gasteiger partial charge in [0.15, 0.2) is 0 Å². The molecule has 2 aromatic rings. The quantitative estimate of drug-likeness (QED) is 0.825. The second-order valence-corrected chi connectivity index (χ2v) is 5.04. The van der Waals surface area contributed by atoms with Gasteiger partial charge in [0.05, 0.1) is 18.8 Å². The lowest BCUT2D eigenvalue weighted by Crippen LogP contribution is -2.07. The Hall–Kier alpha value is -1.46. The number of allylic oxidation sites excluding steroid dienone is 1. The average Bonchev–Trinajstić information content (AvgIpc) is 2.90. The Labute approximate surface area is 104 Å². The Kier molecular flexibility index (Phi) is 3.71. The van der Waals surface area contributed by atoms with E-state index in [1.807, 2.05) is 23.1 Å². The van der Waals surface area contributed by atoms with Gasteiger partial charge in [-0.3, -0.25) is 0 Å². The number of nitrogens with zero attached hydrogens (tertiary/aromatic N) is 3. The minimum absolute atomic E-state index is 0.0725. The first-order chi connectivity index (χ1) is 8.20. The van der Waals surface area contributed by atoms with Crippen LogP contribution in [-0.4, -0.2) is 20.1 Å². The Bertz CT molecular complexity index is 502. The van der Waals surface area contributed by atoms with Crippen LogP contribution in [0.25, 0.3) is 0 Å². The third kappa shape index (κ3) is 2.81. The van der Waals surface area contributed by atoms with Crippen molar-refractivity contribution in [3.63, 3.8) is 0 Å². The normalized spacial score (nSPS) is 10.7. The molecular weight excluding hydrogens is 234 g/mol. The van der Waals surface area contributed by atoms with Crippen LogP contribution in [0.3, 0.4) is 0 Å². The van der Waals surface area contributed by atoms with E-state index in [1.165, 1.54) is 4.88 Å². The first-order valence-corrected chi connectivity index (χ1v) is 6.27. The molecule has 1 N–H and O–H groups in total. The molecule has 0 atom stereocenters. The van der Waals surface area contributed by atoms with Crippen molar-refractivity contribution in [3.05, 3.63) is 45.9 Å². The summed E-state index contributed by atoms with van der Waals surface area (Å²) in [4.78, 5) is 1.24. The molecule has 0 unspecified atom stereocenters. The van der Waals surface area contributed by atoms with Crippen LogP contribution >= 0.6 is 11.3 Å². The van der Waals surface area contributed by atoms with Crippen LogP contribution in [0, 0.1) is 0 Å². The van der Waals surface area contributed by atoms with E-state index in [2.05, 4.69) is 23.0 Å². The minimum atomic E-state index is -0.0725. The molecule has 5 heteroatoms. The summed E-state index contributed by atoms with van der Waals surface area (Å²) in [5, 5.41) is 19.4. The van der Waals surface area contributed by atoms with Crippen LogP contribution in [0.4, 0.5) is 0 Å². The number of aliphatic hydroxyl groups is 1. The van der Waals surface area contributed by atoms with Crippen molar-refractivity contribution in [2.75, 3.05) is 0 Å². The zero-order valence-corrected chi connectivity index (χ0v) is 10.6. The molecule has 0 amide bonds. The largest absolute Gasteiger partial charge is 0.390 e. The molecule has 17 heavy (non-hydrogen) atoms. The van der Waals surface area contributed by atoms with Crippen LogP contribution in [0.2, 0.25) is 0 Å². The molecule has 0 radical (unpaired) electrons. The fourth-order valence-corrected chi connectivity index (χ4v) is 2.35. The number of rotatable bonds is 5. The first-order valence-electron chi connectivity index (χ1n) is 5.39. The second-order valence-electron chi connectivity index (χ2n) is 4.01. The van der Waals surface area contributed by atoms with E-state index in [9.17, 15) is 5.11 Å². The predicted molar refractivity (Wildman–Crippen MR) is 67.9 cm³/mol. The highest BCUT2D eigenvalue weighted by molar-refractivity contribution is 7.09. The summed E-state index contributed by atoms with van der Waals surface area (Å²) in [5.74, 6) is 0. The SMILES string of the molecule is C=C(C)Cn1nnc(CO)c1Cc1cccs1. The predicted octanol–water partition coefficient (Wildman–Crippen LogP) is 2.00.